The van der Waals surface area contributed by atoms with Gasteiger partial charge < -0.3 is 11.0 Å². The molecule has 0 spiro atoms. The van der Waals surface area contributed by atoms with Crippen LogP contribution in [0.25, 0.3) is 0 Å². The zero-order valence-electron chi connectivity index (χ0n) is 3.27. The summed E-state index contributed by atoms with van der Waals surface area (Å²) in [6.45, 7) is 3.11. The molecule has 0 radical (unpaired) electrons. The smallest absolute Gasteiger partial charge is 0.142 e. The summed E-state index contributed by atoms with van der Waals surface area (Å²) in [4.78, 5) is 9.06. The minimum atomic E-state index is 0. The molecule has 3 heteroatoms. The van der Waals surface area contributed by atoms with E-state index in [1.165, 1.54) is 6.08 Å². The van der Waals surface area contributed by atoms with Crippen LogP contribution in [0.1, 0.15) is 0 Å². The van der Waals surface area contributed by atoms with Crippen LogP contribution in [-0.2, 0) is 4.79 Å². The van der Waals surface area contributed by atoms with Crippen LogP contribution in [0, 0.1) is 0 Å². The number of allylic oxidation sites excluding steroid dienone is 1. The molecule has 0 aromatic heterocycles. The highest BCUT2D eigenvalue weighted by atomic mass is 16.1. The molecule has 0 amide bonds. The zero-order valence-corrected chi connectivity index (χ0v) is 3.27. The number of rotatable bonds is 1. The van der Waals surface area contributed by atoms with Gasteiger partial charge in [0.25, 0.3) is 0 Å². The highest BCUT2D eigenvalue weighted by Gasteiger charge is 1.38. The van der Waals surface area contributed by atoms with E-state index in [0.717, 1.165) is 0 Å². The van der Waals surface area contributed by atoms with E-state index in [1.807, 2.05) is 0 Å². The van der Waals surface area contributed by atoms with Crippen LogP contribution >= 0.6 is 0 Å². The second-order valence-corrected chi connectivity index (χ2v) is 0.372. The quantitative estimate of drug-likeness (QED) is 0.293. The van der Waals surface area contributed by atoms with Gasteiger partial charge >= 0.3 is 0 Å². The summed E-state index contributed by atoms with van der Waals surface area (Å²) in [5, 5.41) is 0. The maximum Gasteiger partial charge on any atom is 0.142 e. The molecule has 0 rings (SSSR count). The summed E-state index contributed by atoms with van der Waals surface area (Å²) in [7, 11) is 0. The number of carbonyl (C=O) groups excluding carboxylic acids is 1. The van der Waals surface area contributed by atoms with Crippen molar-refractivity contribution in [3.05, 3.63) is 12.7 Å². The Labute approximate surface area is 35.9 Å². The summed E-state index contributed by atoms with van der Waals surface area (Å²) >= 11 is 0. The third-order valence-electron chi connectivity index (χ3n) is 0.0962. The highest BCUT2D eigenvalue weighted by molar-refractivity contribution is 5.63. The molecule has 0 fully saturated rings. The molecule has 3 nitrogen and oxygen atoms in total. The average molecular weight is 92.1 g/mol. The van der Waals surface area contributed by atoms with Gasteiger partial charge in [0, 0.05) is 0 Å². The lowest BCUT2D eigenvalue weighted by Gasteiger charge is -1.37. The second-order valence-electron chi connectivity index (χ2n) is 0.372. The van der Waals surface area contributed by atoms with Crippen molar-refractivity contribution in [2.45, 2.75) is 0 Å². The van der Waals surface area contributed by atoms with Crippen molar-refractivity contribution in [3.63, 3.8) is 0 Å². The standard InChI is InChI=1S/C3H4O.2H2O/c1-2-3-4;;/h2-3H,1H2;2*1H2. The lowest BCUT2D eigenvalue weighted by molar-refractivity contribution is -0.104. The summed E-state index contributed by atoms with van der Waals surface area (Å²) in [6.07, 6.45) is 1.83. The second kappa shape index (κ2) is 27.1. The fraction of sp³-hybridized carbons (Fsp3) is 0. The Morgan fingerprint density at radius 1 is 1.33 bits per heavy atom. The van der Waals surface area contributed by atoms with Crippen LogP contribution in [0.2, 0.25) is 0 Å². The Bertz CT molecular complexity index is 27.0. The Morgan fingerprint density at radius 3 is 1.50 bits per heavy atom. The van der Waals surface area contributed by atoms with Gasteiger partial charge in [-0.05, 0) is 6.08 Å². The van der Waals surface area contributed by atoms with Crippen LogP contribution < -0.4 is 0 Å². The van der Waals surface area contributed by atoms with E-state index >= 15 is 0 Å². The Kier molecular flexibility index (Phi) is 83.3. The van der Waals surface area contributed by atoms with E-state index < -0.39 is 0 Å². The molecule has 0 aliphatic heterocycles. The first-order chi connectivity index (χ1) is 1.91. The van der Waals surface area contributed by atoms with Crippen LogP contribution in [0.15, 0.2) is 12.7 Å². The van der Waals surface area contributed by atoms with Crippen molar-refractivity contribution in [1.29, 1.82) is 0 Å². The van der Waals surface area contributed by atoms with Gasteiger partial charge in [0.1, 0.15) is 6.29 Å². The summed E-state index contributed by atoms with van der Waals surface area (Å²) in [5.41, 5.74) is 0. The predicted octanol–water partition coefficient (Wildman–Crippen LogP) is -1.28. The topological polar surface area (TPSA) is 80.1 Å². The monoisotopic (exact) mass is 92.0 g/mol. The number of hydrogen-bond acceptors (Lipinski definition) is 1. The zero-order chi connectivity index (χ0) is 3.41. The summed E-state index contributed by atoms with van der Waals surface area (Å²) < 4.78 is 0. The fourth-order valence-corrected chi connectivity index (χ4v) is 0. The molecule has 0 aliphatic carbocycles. The van der Waals surface area contributed by atoms with Crippen molar-refractivity contribution >= 4 is 6.29 Å². The lowest BCUT2D eigenvalue weighted by Crippen LogP contribution is -1.44. The molecular formula is C3H8O3. The van der Waals surface area contributed by atoms with Gasteiger partial charge in [0.15, 0.2) is 0 Å². The summed E-state index contributed by atoms with van der Waals surface area (Å²) in [5.74, 6) is 0. The maximum atomic E-state index is 9.06. The van der Waals surface area contributed by atoms with Gasteiger partial charge in [-0.25, -0.2) is 0 Å². The van der Waals surface area contributed by atoms with Gasteiger partial charge in [-0.15, -0.1) is 0 Å². The third-order valence-corrected chi connectivity index (χ3v) is 0.0962. The lowest BCUT2D eigenvalue weighted by atomic mass is 10.8. The largest absolute Gasteiger partial charge is 0.412 e. The van der Waals surface area contributed by atoms with E-state index in [9.17, 15) is 0 Å². The fourth-order valence-electron chi connectivity index (χ4n) is 0. The van der Waals surface area contributed by atoms with Gasteiger partial charge in [-0.1, -0.05) is 6.58 Å². The van der Waals surface area contributed by atoms with Crippen molar-refractivity contribution in [2.24, 2.45) is 0 Å². The van der Waals surface area contributed by atoms with Crippen molar-refractivity contribution in [3.8, 4) is 0 Å². The third kappa shape index (κ3) is 166. The predicted molar refractivity (Wildman–Crippen MR) is 23.5 cm³/mol. The minimum Gasteiger partial charge on any atom is -0.412 e. The first-order valence-corrected chi connectivity index (χ1v) is 0.977. The van der Waals surface area contributed by atoms with E-state index in [-0.39, 0.29) is 11.0 Å². The molecule has 6 heavy (non-hydrogen) atoms. The molecular weight excluding hydrogens is 84.0 g/mol. The van der Waals surface area contributed by atoms with Crippen LogP contribution in [0.3, 0.4) is 0 Å². The molecule has 4 N–H and O–H groups in total. The van der Waals surface area contributed by atoms with E-state index in [1.54, 1.807) is 0 Å². The van der Waals surface area contributed by atoms with Crippen LogP contribution in [-0.4, -0.2) is 17.2 Å². The normalized spacial score (nSPS) is 3.33. The van der Waals surface area contributed by atoms with E-state index in [4.69, 9.17) is 4.79 Å². The molecule has 0 bridgehead atoms. The summed E-state index contributed by atoms with van der Waals surface area (Å²) in [6, 6.07) is 0. The highest BCUT2D eigenvalue weighted by Crippen LogP contribution is 1.35. The maximum absolute atomic E-state index is 9.06. The minimum absolute atomic E-state index is 0. The Balaban J connectivity index is -0.0000000450. The van der Waals surface area contributed by atoms with Crippen LogP contribution in [0.4, 0.5) is 0 Å². The first kappa shape index (κ1) is 18.4. The van der Waals surface area contributed by atoms with E-state index in [2.05, 4.69) is 6.58 Å². The van der Waals surface area contributed by atoms with Crippen molar-refractivity contribution in [1.82, 2.24) is 0 Å². The molecule has 0 aromatic carbocycles. The number of aldehydes is 1. The van der Waals surface area contributed by atoms with E-state index in [0.29, 0.717) is 6.29 Å². The molecule has 0 aliphatic rings. The molecule has 0 unspecified atom stereocenters. The Hall–Kier alpha value is -0.670. The van der Waals surface area contributed by atoms with Crippen molar-refractivity contribution < 1.29 is 15.7 Å². The molecule has 0 atom stereocenters. The SMILES string of the molecule is C=CC=O.O.O. The Morgan fingerprint density at radius 2 is 1.50 bits per heavy atom. The molecule has 0 saturated carbocycles. The molecule has 0 aromatic rings. The number of carbonyl (C=O) groups is 1. The van der Waals surface area contributed by atoms with Gasteiger partial charge in [-0.2, -0.15) is 0 Å². The van der Waals surface area contributed by atoms with Gasteiger partial charge in [0.2, 0.25) is 0 Å². The van der Waals surface area contributed by atoms with Gasteiger partial charge in [0.05, 0.1) is 0 Å². The molecule has 38 valence electrons. The number of hydrogen-bond donors (Lipinski definition) is 0. The molecule has 0 heterocycles. The molecule has 0 saturated heterocycles. The van der Waals surface area contributed by atoms with Gasteiger partial charge in [-0.3, -0.25) is 4.79 Å². The average Bonchev–Trinajstić information content (AvgIpc) is 1.37. The van der Waals surface area contributed by atoms with Crippen molar-refractivity contribution in [2.75, 3.05) is 0 Å². The first-order valence-electron chi connectivity index (χ1n) is 0.977. The van der Waals surface area contributed by atoms with Crippen LogP contribution in [0.5, 0.6) is 0 Å².